The van der Waals surface area contributed by atoms with Crippen LogP contribution in [0.4, 0.5) is 5.82 Å². The van der Waals surface area contributed by atoms with Gasteiger partial charge in [0.25, 0.3) is 0 Å². The Morgan fingerprint density at radius 3 is 2.63 bits per heavy atom. The fourth-order valence-electron chi connectivity index (χ4n) is 1.58. The topological polar surface area (TPSA) is 65.3 Å². The Hall–Kier alpha value is -1.85. The van der Waals surface area contributed by atoms with Crippen molar-refractivity contribution in [3.8, 4) is 17.0 Å². The lowest BCUT2D eigenvalue weighted by molar-refractivity contribution is -0.389. The highest BCUT2D eigenvalue weighted by Gasteiger charge is 2.21. The van der Waals surface area contributed by atoms with E-state index in [1.807, 2.05) is 0 Å². The van der Waals surface area contributed by atoms with Crippen LogP contribution >= 0.6 is 23.2 Å². The van der Waals surface area contributed by atoms with E-state index in [4.69, 9.17) is 27.9 Å². The van der Waals surface area contributed by atoms with E-state index >= 15 is 0 Å². The summed E-state index contributed by atoms with van der Waals surface area (Å²) in [7, 11) is 1.45. The first-order valence-electron chi connectivity index (χ1n) is 5.18. The molecule has 0 amide bonds. The SMILES string of the molecule is COc1ccc([N+](=O)[O-])nc1-c1cccc(Cl)c1Cl. The van der Waals surface area contributed by atoms with Crippen LogP contribution in [0.2, 0.25) is 10.0 Å². The summed E-state index contributed by atoms with van der Waals surface area (Å²) in [5.41, 5.74) is 0.763. The predicted molar refractivity (Wildman–Crippen MR) is 72.9 cm³/mol. The summed E-state index contributed by atoms with van der Waals surface area (Å²) in [5.74, 6) is 0.0987. The van der Waals surface area contributed by atoms with Crippen molar-refractivity contribution in [3.63, 3.8) is 0 Å². The van der Waals surface area contributed by atoms with Crippen LogP contribution in [0.3, 0.4) is 0 Å². The Morgan fingerprint density at radius 1 is 1.26 bits per heavy atom. The van der Waals surface area contributed by atoms with Gasteiger partial charge in [0.1, 0.15) is 0 Å². The molecule has 0 unspecified atom stereocenters. The third kappa shape index (κ3) is 2.62. The summed E-state index contributed by atoms with van der Waals surface area (Å²) in [6, 6.07) is 7.71. The number of rotatable bonds is 3. The maximum atomic E-state index is 10.8. The lowest BCUT2D eigenvalue weighted by Gasteiger charge is -2.06. The first-order chi connectivity index (χ1) is 9.04. The van der Waals surface area contributed by atoms with Crippen molar-refractivity contribution in [1.29, 1.82) is 0 Å². The Bertz CT molecular complexity index is 647. The number of hydrogen-bond acceptors (Lipinski definition) is 4. The molecule has 1 aromatic heterocycles. The molecule has 1 aromatic carbocycles. The number of benzene rings is 1. The van der Waals surface area contributed by atoms with Crippen LogP contribution in [0.25, 0.3) is 11.3 Å². The Morgan fingerprint density at radius 2 is 2.00 bits per heavy atom. The molecule has 0 fully saturated rings. The number of ether oxygens (including phenoxy) is 1. The van der Waals surface area contributed by atoms with Crippen LogP contribution in [0.1, 0.15) is 0 Å². The second-order valence-corrected chi connectivity index (χ2v) is 4.36. The molecule has 0 N–H and O–H groups in total. The highest BCUT2D eigenvalue weighted by Crippen LogP contribution is 2.37. The van der Waals surface area contributed by atoms with Crippen molar-refractivity contribution < 1.29 is 9.66 Å². The maximum Gasteiger partial charge on any atom is 0.364 e. The Labute approximate surface area is 118 Å². The molecule has 2 aromatic rings. The number of nitrogens with zero attached hydrogens (tertiary/aromatic N) is 2. The van der Waals surface area contributed by atoms with Gasteiger partial charge in [-0.1, -0.05) is 29.3 Å². The third-order valence-corrected chi connectivity index (χ3v) is 3.28. The molecule has 7 heteroatoms. The van der Waals surface area contributed by atoms with E-state index in [1.165, 1.54) is 19.2 Å². The molecule has 0 aliphatic carbocycles. The highest BCUT2D eigenvalue weighted by atomic mass is 35.5. The minimum absolute atomic E-state index is 0.274. The average Bonchev–Trinajstić information content (AvgIpc) is 2.41. The second-order valence-electron chi connectivity index (χ2n) is 3.58. The highest BCUT2D eigenvalue weighted by molar-refractivity contribution is 6.43. The van der Waals surface area contributed by atoms with Gasteiger partial charge in [0, 0.05) is 11.6 Å². The van der Waals surface area contributed by atoms with Gasteiger partial charge in [-0.15, -0.1) is 0 Å². The molecule has 0 saturated carbocycles. The quantitative estimate of drug-likeness (QED) is 0.635. The molecule has 0 atom stereocenters. The van der Waals surface area contributed by atoms with Crippen LogP contribution in [0.5, 0.6) is 5.75 Å². The van der Waals surface area contributed by atoms with Crippen molar-refractivity contribution in [2.45, 2.75) is 0 Å². The molecule has 2 rings (SSSR count). The van der Waals surface area contributed by atoms with E-state index in [0.717, 1.165) is 0 Å². The van der Waals surface area contributed by atoms with Crippen molar-refractivity contribution in [2.75, 3.05) is 7.11 Å². The van der Waals surface area contributed by atoms with Crippen molar-refractivity contribution in [1.82, 2.24) is 4.98 Å². The lowest BCUT2D eigenvalue weighted by Crippen LogP contribution is -1.97. The van der Waals surface area contributed by atoms with Gasteiger partial charge in [0.05, 0.1) is 17.2 Å². The first-order valence-corrected chi connectivity index (χ1v) is 5.94. The summed E-state index contributed by atoms with van der Waals surface area (Å²) >= 11 is 12.0. The van der Waals surface area contributed by atoms with Crippen LogP contribution in [0, 0.1) is 10.1 Å². The van der Waals surface area contributed by atoms with E-state index in [0.29, 0.717) is 16.3 Å². The van der Waals surface area contributed by atoms with E-state index in [-0.39, 0.29) is 16.5 Å². The average molecular weight is 299 g/mol. The fourth-order valence-corrected chi connectivity index (χ4v) is 1.97. The van der Waals surface area contributed by atoms with Crippen LogP contribution in [0.15, 0.2) is 30.3 Å². The molecule has 0 spiro atoms. The molecular weight excluding hydrogens is 291 g/mol. The third-order valence-electron chi connectivity index (χ3n) is 2.46. The maximum absolute atomic E-state index is 10.8. The van der Waals surface area contributed by atoms with E-state index < -0.39 is 4.92 Å². The molecule has 0 saturated heterocycles. The zero-order valence-corrected chi connectivity index (χ0v) is 11.3. The summed E-state index contributed by atoms with van der Waals surface area (Å²) in [6.07, 6.45) is 0. The number of pyridine rings is 1. The molecule has 0 radical (unpaired) electrons. The lowest BCUT2D eigenvalue weighted by atomic mass is 10.1. The molecule has 0 aliphatic heterocycles. The number of nitro groups is 1. The minimum Gasteiger partial charge on any atom is -0.492 e. The smallest absolute Gasteiger partial charge is 0.364 e. The van der Waals surface area contributed by atoms with Gasteiger partial charge in [-0.25, -0.2) is 0 Å². The summed E-state index contributed by atoms with van der Waals surface area (Å²) in [6.45, 7) is 0. The fraction of sp³-hybridized carbons (Fsp3) is 0.0833. The largest absolute Gasteiger partial charge is 0.492 e. The summed E-state index contributed by atoms with van der Waals surface area (Å²) < 4.78 is 5.14. The molecule has 1 heterocycles. The normalized spacial score (nSPS) is 10.3. The number of aromatic nitrogens is 1. The minimum atomic E-state index is -0.582. The van der Waals surface area contributed by atoms with Gasteiger partial charge < -0.3 is 14.9 Å². The van der Waals surface area contributed by atoms with Crippen LogP contribution in [-0.2, 0) is 0 Å². The molecule has 19 heavy (non-hydrogen) atoms. The molecular formula is C12H8Cl2N2O3. The number of halogens is 2. The van der Waals surface area contributed by atoms with Gasteiger partial charge in [-0.3, -0.25) is 0 Å². The van der Waals surface area contributed by atoms with E-state index in [1.54, 1.807) is 18.2 Å². The monoisotopic (exact) mass is 298 g/mol. The first kappa shape index (κ1) is 13.6. The van der Waals surface area contributed by atoms with Gasteiger partial charge in [-0.2, -0.15) is 0 Å². The zero-order chi connectivity index (χ0) is 14.0. The van der Waals surface area contributed by atoms with Crippen LogP contribution < -0.4 is 4.74 Å². The van der Waals surface area contributed by atoms with E-state index in [9.17, 15) is 10.1 Å². The van der Waals surface area contributed by atoms with Gasteiger partial charge in [0.15, 0.2) is 5.75 Å². The standard InChI is InChI=1S/C12H8Cl2N2O3/c1-19-9-5-6-10(16(17)18)15-12(9)7-3-2-4-8(13)11(7)14/h2-6H,1H3. The Kier molecular flexibility index (Phi) is 3.87. The molecule has 0 bridgehead atoms. The Balaban J connectivity index is 2.68. The number of methoxy groups -OCH3 is 1. The molecule has 98 valence electrons. The number of hydrogen-bond donors (Lipinski definition) is 0. The van der Waals surface area contributed by atoms with E-state index in [2.05, 4.69) is 4.98 Å². The molecule has 5 nitrogen and oxygen atoms in total. The van der Waals surface area contributed by atoms with Crippen molar-refractivity contribution >= 4 is 29.0 Å². The van der Waals surface area contributed by atoms with Gasteiger partial charge in [-0.05, 0) is 28.1 Å². The summed E-state index contributed by atoms with van der Waals surface area (Å²) in [5, 5.41) is 11.4. The second kappa shape index (κ2) is 5.42. The van der Waals surface area contributed by atoms with Gasteiger partial charge >= 0.3 is 5.82 Å². The predicted octanol–water partition coefficient (Wildman–Crippen LogP) is 3.97. The zero-order valence-electron chi connectivity index (χ0n) is 9.76. The summed E-state index contributed by atoms with van der Waals surface area (Å²) in [4.78, 5) is 14.1. The van der Waals surface area contributed by atoms with Crippen molar-refractivity contribution in [3.05, 3.63) is 50.5 Å². The van der Waals surface area contributed by atoms with Gasteiger partial charge in [0.2, 0.25) is 5.69 Å². The molecule has 0 aliphatic rings. The van der Waals surface area contributed by atoms with Crippen molar-refractivity contribution in [2.24, 2.45) is 0 Å². The van der Waals surface area contributed by atoms with Crippen LogP contribution in [-0.4, -0.2) is 17.0 Å².